The minimum atomic E-state index is -0.342. The number of methoxy groups -OCH3 is 1. The van der Waals surface area contributed by atoms with Crippen molar-refractivity contribution in [1.82, 2.24) is 10.2 Å². The summed E-state index contributed by atoms with van der Waals surface area (Å²) in [5.41, 5.74) is 1.02. The molecule has 0 unspecified atom stereocenters. The largest absolute Gasteiger partial charge is 0.453 e. The number of nitrogens with zero attached hydrogens (tertiary/aromatic N) is 1. The first kappa shape index (κ1) is 13.6. The van der Waals surface area contributed by atoms with E-state index in [0.717, 1.165) is 12.0 Å². The standard InChI is InChI=1S/C13H16N2O3S/c1-18-13(17)15-6-4-11(8-15)14-12(16)3-2-10-5-7-19-9-10/h2-3,5,7,9,11H,4,6,8H2,1H3,(H,14,16)/b3-2-/t11-/m1/s1. The average molecular weight is 280 g/mol. The molecule has 1 aliphatic heterocycles. The summed E-state index contributed by atoms with van der Waals surface area (Å²) in [4.78, 5) is 24.6. The second-order valence-corrected chi connectivity index (χ2v) is 5.08. The Morgan fingerprint density at radius 2 is 2.42 bits per heavy atom. The summed E-state index contributed by atoms with van der Waals surface area (Å²) >= 11 is 1.59. The third kappa shape index (κ3) is 3.82. The van der Waals surface area contributed by atoms with Gasteiger partial charge >= 0.3 is 6.09 Å². The Morgan fingerprint density at radius 3 is 3.11 bits per heavy atom. The van der Waals surface area contributed by atoms with Crippen molar-refractivity contribution in [3.05, 3.63) is 28.5 Å². The van der Waals surface area contributed by atoms with Crippen molar-refractivity contribution in [1.29, 1.82) is 0 Å². The van der Waals surface area contributed by atoms with Crippen LogP contribution in [0.5, 0.6) is 0 Å². The zero-order chi connectivity index (χ0) is 13.7. The molecule has 1 fully saturated rings. The lowest BCUT2D eigenvalue weighted by molar-refractivity contribution is -0.117. The fourth-order valence-corrected chi connectivity index (χ4v) is 2.59. The van der Waals surface area contributed by atoms with E-state index in [2.05, 4.69) is 10.1 Å². The normalized spacial score (nSPS) is 18.8. The molecule has 1 aliphatic rings. The Labute approximate surface area is 115 Å². The fourth-order valence-electron chi connectivity index (χ4n) is 1.96. The number of rotatable bonds is 3. The second kappa shape index (κ2) is 6.38. The van der Waals surface area contributed by atoms with Crippen LogP contribution in [0.1, 0.15) is 12.0 Å². The van der Waals surface area contributed by atoms with Crippen molar-refractivity contribution < 1.29 is 14.3 Å². The third-order valence-corrected chi connectivity index (χ3v) is 3.64. The van der Waals surface area contributed by atoms with Gasteiger partial charge in [-0.25, -0.2) is 4.79 Å². The van der Waals surface area contributed by atoms with Crippen molar-refractivity contribution in [3.8, 4) is 0 Å². The maximum Gasteiger partial charge on any atom is 0.409 e. The number of ether oxygens (including phenoxy) is 1. The van der Waals surface area contributed by atoms with Crippen molar-refractivity contribution in [3.63, 3.8) is 0 Å². The van der Waals surface area contributed by atoms with Crippen LogP contribution in [0.25, 0.3) is 6.08 Å². The summed E-state index contributed by atoms with van der Waals surface area (Å²) in [7, 11) is 1.36. The molecule has 1 N–H and O–H groups in total. The van der Waals surface area contributed by atoms with Crippen LogP contribution in [0.2, 0.25) is 0 Å². The van der Waals surface area contributed by atoms with Crippen LogP contribution in [0.3, 0.4) is 0 Å². The molecule has 0 aliphatic carbocycles. The van der Waals surface area contributed by atoms with E-state index in [1.165, 1.54) is 13.2 Å². The van der Waals surface area contributed by atoms with Gasteiger partial charge in [0, 0.05) is 25.2 Å². The van der Waals surface area contributed by atoms with E-state index in [0.29, 0.717) is 13.1 Å². The van der Waals surface area contributed by atoms with E-state index in [4.69, 9.17) is 0 Å². The van der Waals surface area contributed by atoms with Gasteiger partial charge in [0.2, 0.25) is 5.91 Å². The Morgan fingerprint density at radius 1 is 1.58 bits per heavy atom. The molecule has 6 heteroatoms. The first-order chi connectivity index (χ1) is 9.19. The van der Waals surface area contributed by atoms with Crippen LogP contribution in [0.4, 0.5) is 4.79 Å². The summed E-state index contributed by atoms with van der Waals surface area (Å²) in [6.07, 6.45) is 3.71. The highest BCUT2D eigenvalue weighted by molar-refractivity contribution is 7.08. The fraction of sp³-hybridized carbons (Fsp3) is 0.385. The van der Waals surface area contributed by atoms with Gasteiger partial charge < -0.3 is 15.0 Å². The summed E-state index contributed by atoms with van der Waals surface area (Å²) < 4.78 is 4.65. The monoisotopic (exact) mass is 280 g/mol. The van der Waals surface area contributed by atoms with Gasteiger partial charge in [-0.05, 0) is 34.9 Å². The lowest BCUT2D eigenvalue weighted by atomic mass is 10.2. The maximum atomic E-state index is 11.7. The number of hydrogen-bond donors (Lipinski definition) is 1. The molecule has 1 aromatic heterocycles. The van der Waals surface area contributed by atoms with Crippen LogP contribution >= 0.6 is 11.3 Å². The molecular formula is C13H16N2O3S. The molecule has 0 aromatic carbocycles. The molecular weight excluding hydrogens is 264 g/mol. The Bertz CT molecular complexity index is 470. The highest BCUT2D eigenvalue weighted by atomic mass is 32.1. The second-order valence-electron chi connectivity index (χ2n) is 4.30. The molecule has 2 rings (SSSR count). The summed E-state index contributed by atoms with van der Waals surface area (Å²) in [5.74, 6) is -0.136. The zero-order valence-electron chi connectivity index (χ0n) is 10.7. The lowest BCUT2D eigenvalue weighted by Gasteiger charge is -2.14. The Kier molecular flexibility index (Phi) is 4.57. The first-order valence-corrected chi connectivity index (χ1v) is 6.97. The highest BCUT2D eigenvalue weighted by Gasteiger charge is 2.27. The molecule has 0 bridgehead atoms. The molecule has 5 nitrogen and oxygen atoms in total. The van der Waals surface area contributed by atoms with E-state index in [1.54, 1.807) is 22.3 Å². The molecule has 2 heterocycles. The van der Waals surface area contributed by atoms with Gasteiger partial charge in [0.1, 0.15) is 0 Å². The number of likely N-dealkylation sites (tertiary alicyclic amines) is 1. The topological polar surface area (TPSA) is 58.6 Å². The summed E-state index contributed by atoms with van der Waals surface area (Å²) in [6.45, 7) is 1.12. The number of carbonyl (C=O) groups excluding carboxylic acids is 2. The van der Waals surface area contributed by atoms with E-state index >= 15 is 0 Å². The van der Waals surface area contributed by atoms with Crippen LogP contribution in [0, 0.1) is 0 Å². The zero-order valence-corrected chi connectivity index (χ0v) is 11.5. The SMILES string of the molecule is COC(=O)N1CC[C@@H](NC(=O)/C=C\c2ccsc2)C1. The number of hydrogen-bond acceptors (Lipinski definition) is 4. The van der Waals surface area contributed by atoms with Gasteiger partial charge in [-0.1, -0.05) is 0 Å². The minimum Gasteiger partial charge on any atom is -0.453 e. The Hall–Kier alpha value is -1.82. The van der Waals surface area contributed by atoms with Gasteiger partial charge in [-0.15, -0.1) is 0 Å². The average Bonchev–Trinajstić information content (AvgIpc) is 3.06. The lowest BCUT2D eigenvalue weighted by Crippen LogP contribution is -2.37. The molecule has 2 amide bonds. The number of nitrogens with one attached hydrogen (secondary N) is 1. The van der Waals surface area contributed by atoms with Gasteiger partial charge in [0.25, 0.3) is 0 Å². The van der Waals surface area contributed by atoms with Crippen LogP contribution in [-0.4, -0.2) is 43.1 Å². The smallest absolute Gasteiger partial charge is 0.409 e. The number of amides is 2. The molecule has 0 saturated carbocycles. The van der Waals surface area contributed by atoms with E-state index in [1.807, 2.05) is 16.8 Å². The highest BCUT2D eigenvalue weighted by Crippen LogP contribution is 2.11. The maximum absolute atomic E-state index is 11.7. The molecule has 1 saturated heterocycles. The van der Waals surface area contributed by atoms with Crippen molar-refractivity contribution >= 4 is 29.4 Å². The molecule has 1 atom stereocenters. The van der Waals surface area contributed by atoms with Crippen molar-refractivity contribution in [2.24, 2.45) is 0 Å². The predicted octanol–water partition coefficient (Wildman–Crippen LogP) is 1.72. The van der Waals surface area contributed by atoms with Gasteiger partial charge in [0.05, 0.1) is 7.11 Å². The quantitative estimate of drug-likeness (QED) is 0.858. The van der Waals surface area contributed by atoms with E-state index in [9.17, 15) is 9.59 Å². The molecule has 1 aromatic rings. The van der Waals surface area contributed by atoms with Gasteiger partial charge in [-0.2, -0.15) is 11.3 Å². The van der Waals surface area contributed by atoms with Crippen LogP contribution in [-0.2, 0) is 9.53 Å². The third-order valence-electron chi connectivity index (χ3n) is 2.94. The molecule has 0 spiro atoms. The van der Waals surface area contributed by atoms with Crippen molar-refractivity contribution in [2.45, 2.75) is 12.5 Å². The van der Waals surface area contributed by atoms with Gasteiger partial charge in [0.15, 0.2) is 0 Å². The summed E-state index contributed by atoms with van der Waals surface area (Å²) in [6, 6.07) is 1.95. The van der Waals surface area contributed by atoms with E-state index in [-0.39, 0.29) is 18.0 Å². The van der Waals surface area contributed by atoms with Crippen LogP contribution in [0.15, 0.2) is 22.9 Å². The molecule has 0 radical (unpaired) electrons. The number of thiophene rings is 1. The van der Waals surface area contributed by atoms with E-state index < -0.39 is 0 Å². The Balaban J connectivity index is 1.79. The van der Waals surface area contributed by atoms with Gasteiger partial charge in [-0.3, -0.25) is 4.79 Å². The minimum absolute atomic E-state index is 0.00118. The van der Waals surface area contributed by atoms with Crippen molar-refractivity contribution in [2.75, 3.05) is 20.2 Å². The predicted molar refractivity (Wildman–Crippen MR) is 73.9 cm³/mol. The molecule has 102 valence electrons. The first-order valence-electron chi connectivity index (χ1n) is 6.02. The molecule has 19 heavy (non-hydrogen) atoms. The van der Waals surface area contributed by atoms with Crippen LogP contribution < -0.4 is 5.32 Å². The summed E-state index contributed by atoms with van der Waals surface area (Å²) in [5, 5.41) is 6.81. The number of carbonyl (C=O) groups is 2.